The van der Waals surface area contributed by atoms with E-state index in [0.29, 0.717) is 6.54 Å². The largest absolute Gasteiger partial charge is 0.507 e. The molecule has 2 aliphatic heterocycles. The van der Waals surface area contributed by atoms with Gasteiger partial charge in [0.2, 0.25) is 0 Å². The van der Waals surface area contributed by atoms with Gasteiger partial charge in [0, 0.05) is 38.6 Å². The first-order valence-electron chi connectivity index (χ1n) is 10.7. The van der Waals surface area contributed by atoms with Crippen LogP contribution in [0, 0.1) is 0 Å². The molecule has 0 spiro atoms. The number of benzene rings is 3. The van der Waals surface area contributed by atoms with Gasteiger partial charge in [-0.25, -0.2) is 0 Å². The molecule has 0 aliphatic carbocycles. The van der Waals surface area contributed by atoms with Gasteiger partial charge in [0.1, 0.15) is 11.3 Å². The summed E-state index contributed by atoms with van der Waals surface area (Å²) in [5, 5.41) is 11.7. The summed E-state index contributed by atoms with van der Waals surface area (Å²) in [6.07, 6.45) is 2.94. The predicted octanol–water partition coefficient (Wildman–Crippen LogP) is 6.00. The summed E-state index contributed by atoms with van der Waals surface area (Å²) in [6.45, 7) is 2.63. The Bertz CT molecular complexity index is 1450. The number of hydrogen-bond donors (Lipinski definition) is 2. The van der Waals surface area contributed by atoms with Crippen LogP contribution in [-0.4, -0.2) is 27.4 Å². The number of carbonyl (C=O) groups is 1. The third kappa shape index (κ3) is 2.51. The van der Waals surface area contributed by atoms with E-state index >= 15 is 0 Å². The second-order valence-electron chi connectivity index (χ2n) is 8.53. The molecule has 0 fully saturated rings. The van der Waals surface area contributed by atoms with Crippen LogP contribution in [0.15, 0.2) is 77.3 Å². The number of phenolic OH excluding ortho intramolecular Hbond substituents is 1. The quantitative estimate of drug-likeness (QED) is 0.366. The Morgan fingerprint density at radius 2 is 1.91 bits per heavy atom. The van der Waals surface area contributed by atoms with Crippen LogP contribution in [0.4, 0.5) is 0 Å². The van der Waals surface area contributed by atoms with Crippen LogP contribution in [0.25, 0.3) is 16.5 Å². The van der Waals surface area contributed by atoms with Crippen molar-refractivity contribution in [2.24, 2.45) is 0 Å². The first kappa shape index (κ1) is 19.4. The lowest BCUT2D eigenvalue weighted by molar-refractivity contribution is 0.0666. The lowest BCUT2D eigenvalue weighted by atomic mass is 9.79. The van der Waals surface area contributed by atoms with Crippen molar-refractivity contribution in [1.82, 2.24) is 9.88 Å². The molecule has 4 aromatic rings. The van der Waals surface area contributed by atoms with E-state index in [0.717, 1.165) is 44.4 Å². The lowest BCUT2D eigenvalue weighted by Gasteiger charge is -2.41. The van der Waals surface area contributed by atoms with Crippen molar-refractivity contribution in [3.63, 3.8) is 0 Å². The smallest absolute Gasteiger partial charge is 0.255 e. The van der Waals surface area contributed by atoms with Gasteiger partial charge in [-0.05, 0) is 54.8 Å². The zero-order valence-electron chi connectivity index (χ0n) is 17.5. The zero-order valence-corrected chi connectivity index (χ0v) is 19.1. The number of aromatic hydroxyl groups is 1. The minimum absolute atomic E-state index is 0.0485. The molecule has 4 nitrogen and oxygen atoms in total. The lowest BCUT2D eigenvalue weighted by Crippen LogP contribution is -2.48. The Balaban J connectivity index is 1.70. The van der Waals surface area contributed by atoms with Crippen LogP contribution in [0.2, 0.25) is 0 Å². The average molecular weight is 485 g/mol. The van der Waals surface area contributed by atoms with Crippen molar-refractivity contribution in [3.05, 3.63) is 105 Å². The minimum Gasteiger partial charge on any atom is -0.507 e. The SMILES string of the molecule is CC(=C[C@@]12c3ccccc3C(=O)N1CCc1c2[nH]c2cc(Br)ccc12)c1ccccc1O. The Morgan fingerprint density at radius 1 is 1.12 bits per heavy atom. The van der Waals surface area contributed by atoms with Gasteiger partial charge in [-0.2, -0.15) is 0 Å². The van der Waals surface area contributed by atoms with E-state index < -0.39 is 5.54 Å². The zero-order chi connectivity index (χ0) is 22.0. The Morgan fingerprint density at radius 3 is 2.75 bits per heavy atom. The molecule has 0 saturated carbocycles. The topological polar surface area (TPSA) is 56.3 Å². The summed E-state index contributed by atoms with van der Waals surface area (Å²) in [5.41, 5.74) is 5.98. The molecule has 1 atom stereocenters. The van der Waals surface area contributed by atoms with Crippen LogP contribution in [0.1, 0.15) is 39.7 Å². The molecule has 2 N–H and O–H groups in total. The summed E-state index contributed by atoms with van der Waals surface area (Å²) in [7, 11) is 0. The van der Waals surface area contributed by atoms with E-state index in [1.807, 2.05) is 48.2 Å². The number of para-hydroxylation sites is 1. The van der Waals surface area contributed by atoms with Gasteiger partial charge in [0.15, 0.2) is 0 Å². The molecular weight excluding hydrogens is 464 g/mol. The number of amides is 1. The number of fused-ring (bicyclic) bond motifs is 7. The van der Waals surface area contributed by atoms with Crippen molar-refractivity contribution in [2.45, 2.75) is 18.9 Å². The van der Waals surface area contributed by atoms with Crippen LogP contribution in [0.3, 0.4) is 0 Å². The van der Waals surface area contributed by atoms with Gasteiger partial charge >= 0.3 is 0 Å². The molecule has 3 heterocycles. The average Bonchev–Trinajstić information content (AvgIpc) is 3.28. The molecule has 1 amide bonds. The Labute approximate surface area is 194 Å². The second kappa shape index (κ2) is 6.84. The standard InChI is InChI=1S/C27H21BrN2O2/c1-16(18-6-3-5-9-24(18)31)15-27-22-8-4-2-7-21(22)26(32)30(27)13-12-20-19-11-10-17(28)14-23(19)29-25(20)27/h2-11,14-15,29,31H,12-13H2,1H3/t27-/m0/s1. The number of H-pyrrole nitrogens is 1. The minimum atomic E-state index is -0.751. The Kier molecular flexibility index (Phi) is 4.14. The molecule has 0 bridgehead atoms. The third-order valence-electron chi connectivity index (χ3n) is 6.83. The maximum atomic E-state index is 13.5. The number of carbonyl (C=O) groups excluding carboxylic acids is 1. The normalized spacial score (nSPS) is 19.8. The fraction of sp³-hybridized carbons (Fsp3) is 0.148. The Hall–Kier alpha value is -3.31. The number of halogens is 1. The van der Waals surface area contributed by atoms with E-state index in [1.54, 1.807) is 6.07 Å². The highest BCUT2D eigenvalue weighted by molar-refractivity contribution is 9.10. The van der Waals surface area contributed by atoms with Crippen molar-refractivity contribution in [1.29, 1.82) is 0 Å². The van der Waals surface area contributed by atoms with E-state index in [9.17, 15) is 9.90 Å². The van der Waals surface area contributed by atoms with Crippen LogP contribution >= 0.6 is 15.9 Å². The fourth-order valence-corrected chi connectivity index (χ4v) is 5.82. The van der Waals surface area contributed by atoms with Crippen LogP contribution in [-0.2, 0) is 12.0 Å². The molecule has 3 aromatic carbocycles. The molecular formula is C27H21BrN2O2. The maximum absolute atomic E-state index is 13.5. The van der Waals surface area contributed by atoms with Gasteiger partial charge in [0.05, 0.1) is 5.69 Å². The van der Waals surface area contributed by atoms with Crippen molar-refractivity contribution >= 4 is 38.3 Å². The number of hydrogen-bond acceptors (Lipinski definition) is 2. The second-order valence-corrected chi connectivity index (χ2v) is 9.45. The predicted molar refractivity (Wildman–Crippen MR) is 130 cm³/mol. The molecule has 1 aromatic heterocycles. The first-order valence-corrected chi connectivity index (χ1v) is 11.5. The third-order valence-corrected chi connectivity index (χ3v) is 7.32. The van der Waals surface area contributed by atoms with Gasteiger partial charge in [0.25, 0.3) is 5.91 Å². The van der Waals surface area contributed by atoms with Crippen molar-refractivity contribution in [2.75, 3.05) is 6.54 Å². The first-order chi connectivity index (χ1) is 15.5. The number of allylic oxidation sites excluding steroid dienone is 1. The van der Waals surface area contributed by atoms with Gasteiger partial charge < -0.3 is 15.0 Å². The van der Waals surface area contributed by atoms with E-state index in [4.69, 9.17) is 0 Å². The van der Waals surface area contributed by atoms with Crippen molar-refractivity contribution in [3.8, 4) is 5.75 Å². The molecule has 158 valence electrons. The van der Waals surface area contributed by atoms with E-state index in [2.05, 4.69) is 51.3 Å². The molecule has 0 radical (unpaired) electrons. The molecule has 6 rings (SSSR count). The number of phenols is 1. The number of rotatable bonds is 2. The number of nitrogens with one attached hydrogen (secondary N) is 1. The summed E-state index contributed by atoms with van der Waals surface area (Å²) in [5.74, 6) is 0.283. The monoisotopic (exact) mass is 484 g/mol. The number of aromatic nitrogens is 1. The molecule has 0 unspecified atom stereocenters. The van der Waals surface area contributed by atoms with Crippen molar-refractivity contribution < 1.29 is 9.90 Å². The molecule has 0 saturated heterocycles. The van der Waals surface area contributed by atoms with Crippen LogP contribution < -0.4 is 0 Å². The van der Waals surface area contributed by atoms with Gasteiger partial charge in [-0.15, -0.1) is 0 Å². The van der Waals surface area contributed by atoms with E-state index in [-0.39, 0.29) is 11.7 Å². The van der Waals surface area contributed by atoms with Gasteiger partial charge in [-0.3, -0.25) is 4.79 Å². The number of aromatic amines is 1. The summed E-state index contributed by atoms with van der Waals surface area (Å²) < 4.78 is 1.01. The fourth-order valence-electron chi connectivity index (χ4n) is 5.46. The van der Waals surface area contributed by atoms with Gasteiger partial charge in [-0.1, -0.05) is 58.4 Å². The van der Waals surface area contributed by atoms with E-state index in [1.165, 1.54) is 10.9 Å². The van der Waals surface area contributed by atoms with Crippen LogP contribution in [0.5, 0.6) is 5.75 Å². The summed E-state index contributed by atoms with van der Waals surface area (Å²) in [6, 6.07) is 21.5. The summed E-state index contributed by atoms with van der Waals surface area (Å²) >= 11 is 3.59. The number of nitrogens with zero attached hydrogens (tertiary/aromatic N) is 1. The molecule has 2 aliphatic rings. The highest BCUT2D eigenvalue weighted by Gasteiger charge is 2.53. The molecule has 32 heavy (non-hydrogen) atoms. The summed E-state index contributed by atoms with van der Waals surface area (Å²) in [4.78, 5) is 19.2. The maximum Gasteiger partial charge on any atom is 0.255 e. The highest BCUT2D eigenvalue weighted by Crippen LogP contribution is 2.51. The highest BCUT2D eigenvalue weighted by atomic mass is 79.9. The molecule has 5 heteroatoms.